The Morgan fingerprint density at radius 3 is 3.25 bits per heavy atom. The van der Waals surface area contributed by atoms with Crippen LogP contribution in [0.4, 0.5) is 0 Å². The molecule has 0 saturated carbocycles. The maximum atomic E-state index is 4.12. The van der Waals surface area contributed by atoms with Crippen molar-refractivity contribution in [3.05, 3.63) is 36.2 Å². The largest absolute Gasteiger partial charge is 0.254 e. The third kappa shape index (κ3) is 1.97. The number of aromatic amines is 1. The van der Waals surface area contributed by atoms with Crippen LogP contribution in [0.3, 0.4) is 0 Å². The van der Waals surface area contributed by atoms with Crippen molar-refractivity contribution < 1.29 is 0 Å². The molecule has 3 rings (SSSR count). The molecule has 0 aliphatic carbocycles. The minimum atomic E-state index is 0.635. The van der Waals surface area contributed by atoms with Gasteiger partial charge in [-0.15, -0.1) is 11.8 Å². The van der Waals surface area contributed by atoms with E-state index < -0.39 is 0 Å². The van der Waals surface area contributed by atoms with Gasteiger partial charge in [-0.25, -0.2) is 4.98 Å². The van der Waals surface area contributed by atoms with Crippen molar-refractivity contribution in [2.75, 3.05) is 11.5 Å². The van der Waals surface area contributed by atoms with E-state index in [0.717, 1.165) is 10.9 Å². The normalized spacial score (nSPS) is 18.6. The van der Waals surface area contributed by atoms with Gasteiger partial charge in [0.15, 0.2) is 5.16 Å². The lowest BCUT2D eigenvalue weighted by atomic mass is 10.0. The summed E-state index contributed by atoms with van der Waals surface area (Å²) in [5.41, 5.74) is 1.49. The van der Waals surface area contributed by atoms with Crippen LogP contribution in [-0.4, -0.2) is 26.7 Å². The van der Waals surface area contributed by atoms with Crippen LogP contribution in [0.25, 0.3) is 0 Å². The summed E-state index contributed by atoms with van der Waals surface area (Å²) in [6.07, 6.45) is 1.56. The molecule has 82 valence electrons. The molecule has 2 aromatic rings. The minimum Gasteiger partial charge on any atom is -0.254 e. The number of H-pyrrole nitrogens is 1. The number of benzene rings is 1. The number of nitrogens with zero attached hydrogens (tertiary/aromatic N) is 2. The highest BCUT2D eigenvalue weighted by Gasteiger charge is 2.22. The summed E-state index contributed by atoms with van der Waals surface area (Å²) in [6, 6.07) is 8.68. The van der Waals surface area contributed by atoms with Crippen molar-refractivity contribution >= 4 is 23.5 Å². The second-order valence-corrected chi connectivity index (χ2v) is 5.72. The van der Waals surface area contributed by atoms with E-state index in [1.54, 1.807) is 18.1 Å². The summed E-state index contributed by atoms with van der Waals surface area (Å²) in [5.74, 6) is 2.89. The lowest BCUT2D eigenvalue weighted by molar-refractivity contribution is 0.887. The molecule has 0 bridgehead atoms. The Morgan fingerprint density at radius 1 is 1.44 bits per heavy atom. The van der Waals surface area contributed by atoms with Gasteiger partial charge in [-0.3, -0.25) is 5.10 Å². The Kier molecular flexibility index (Phi) is 2.88. The maximum Gasteiger partial charge on any atom is 0.183 e. The molecule has 0 spiro atoms. The molecule has 0 saturated heterocycles. The molecular formula is C11H11N3S2. The van der Waals surface area contributed by atoms with Gasteiger partial charge in [0.05, 0.1) is 0 Å². The summed E-state index contributed by atoms with van der Waals surface area (Å²) in [5, 5.41) is 7.64. The lowest BCUT2D eigenvalue weighted by Crippen LogP contribution is -2.00. The number of rotatable bonds is 3. The zero-order chi connectivity index (χ0) is 10.8. The number of nitrogens with one attached hydrogen (secondary N) is 1. The Labute approximate surface area is 102 Å². The average Bonchev–Trinajstić information content (AvgIpc) is 2.96. The fraction of sp³-hybridized carbons (Fsp3) is 0.273. The zero-order valence-corrected chi connectivity index (χ0v) is 10.2. The SMILES string of the molecule is c1ccc2c(c1)SCC2CSc1ncn[nH]1. The van der Waals surface area contributed by atoms with Crippen molar-refractivity contribution in [3.63, 3.8) is 0 Å². The van der Waals surface area contributed by atoms with Gasteiger partial charge in [0, 0.05) is 22.3 Å². The van der Waals surface area contributed by atoms with Gasteiger partial charge in [-0.1, -0.05) is 30.0 Å². The number of hydrogen-bond acceptors (Lipinski definition) is 4. The molecule has 2 heterocycles. The van der Waals surface area contributed by atoms with Crippen LogP contribution in [0.2, 0.25) is 0 Å². The summed E-state index contributed by atoms with van der Waals surface area (Å²) in [4.78, 5) is 5.56. The first-order chi connectivity index (χ1) is 7.93. The van der Waals surface area contributed by atoms with Crippen molar-refractivity contribution in [1.82, 2.24) is 15.2 Å². The quantitative estimate of drug-likeness (QED) is 0.849. The molecule has 5 heteroatoms. The topological polar surface area (TPSA) is 41.6 Å². The van der Waals surface area contributed by atoms with E-state index >= 15 is 0 Å². The highest BCUT2D eigenvalue weighted by atomic mass is 32.2. The Morgan fingerprint density at radius 2 is 2.38 bits per heavy atom. The summed E-state index contributed by atoms with van der Waals surface area (Å²) in [7, 11) is 0. The number of thioether (sulfide) groups is 2. The summed E-state index contributed by atoms with van der Waals surface area (Å²) in [6.45, 7) is 0. The second-order valence-electron chi connectivity index (χ2n) is 3.65. The standard InChI is InChI=1S/C11H11N3S2/c1-2-4-10-9(3-1)8(5-15-10)6-16-11-12-7-13-14-11/h1-4,7-8H,5-6H2,(H,12,13,14). The molecule has 16 heavy (non-hydrogen) atoms. The van der Waals surface area contributed by atoms with E-state index in [1.807, 2.05) is 11.8 Å². The Hall–Kier alpha value is -0.940. The van der Waals surface area contributed by atoms with E-state index in [0.29, 0.717) is 5.92 Å². The molecule has 1 aliphatic heterocycles. The number of fused-ring (bicyclic) bond motifs is 1. The van der Waals surface area contributed by atoms with Crippen LogP contribution in [0, 0.1) is 0 Å². The predicted molar refractivity (Wildman–Crippen MR) is 67.0 cm³/mol. The summed E-state index contributed by atoms with van der Waals surface area (Å²) >= 11 is 3.70. The van der Waals surface area contributed by atoms with Crippen molar-refractivity contribution in [2.45, 2.75) is 16.0 Å². The minimum absolute atomic E-state index is 0.635. The van der Waals surface area contributed by atoms with Crippen LogP contribution < -0.4 is 0 Å². The van der Waals surface area contributed by atoms with E-state index in [4.69, 9.17) is 0 Å². The van der Waals surface area contributed by atoms with E-state index in [9.17, 15) is 0 Å². The molecule has 1 aromatic carbocycles. The number of hydrogen-bond donors (Lipinski definition) is 1. The van der Waals surface area contributed by atoms with E-state index in [2.05, 4.69) is 39.4 Å². The van der Waals surface area contributed by atoms with Crippen molar-refractivity contribution in [1.29, 1.82) is 0 Å². The monoisotopic (exact) mass is 249 g/mol. The third-order valence-electron chi connectivity index (χ3n) is 2.61. The summed E-state index contributed by atoms with van der Waals surface area (Å²) < 4.78 is 0. The van der Waals surface area contributed by atoms with Crippen LogP contribution in [0.5, 0.6) is 0 Å². The van der Waals surface area contributed by atoms with Gasteiger partial charge in [-0.05, 0) is 11.6 Å². The zero-order valence-electron chi connectivity index (χ0n) is 8.59. The van der Waals surface area contributed by atoms with Gasteiger partial charge in [0.1, 0.15) is 6.33 Å². The molecule has 1 aromatic heterocycles. The van der Waals surface area contributed by atoms with E-state index in [-0.39, 0.29) is 0 Å². The van der Waals surface area contributed by atoms with Crippen LogP contribution >= 0.6 is 23.5 Å². The smallest absolute Gasteiger partial charge is 0.183 e. The van der Waals surface area contributed by atoms with Crippen LogP contribution in [0.15, 0.2) is 40.6 Å². The molecule has 1 unspecified atom stereocenters. The molecule has 1 atom stereocenters. The molecule has 0 radical (unpaired) electrons. The first-order valence-electron chi connectivity index (χ1n) is 5.13. The fourth-order valence-electron chi connectivity index (χ4n) is 1.81. The highest BCUT2D eigenvalue weighted by Crippen LogP contribution is 2.41. The van der Waals surface area contributed by atoms with Crippen LogP contribution in [0.1, 0.15) is 11.5 Å². The third-order valence-corrected chi connectivity index (χ3v) is 4.90. The first-order valence-corrected chi connectivity index (χ1v) is 7.10. The van der Waals surface area contributed by atoms with Gasteiger partial charge in [0.25, 0.3) is 0 Å². The Balaban J connectivity index is 1.69. The molecular weight excluding hydrogens is 238 g/mol. The lowest BCUT2D eigenvalue weighted by Gasteiger charge is -2.08. The van der Waals surface area contributed by atoms with Gasteiger partial charge in [0.2, 0.25) is 0 Å². The molecule has 1 aliphatic rings. The van der Waals surface area contributed by atoms with Gasteiger partial charge in [-0.2, -0.15) is 5.10 Å². The molecule has 3 nitrogen and oxygen atoms in total. The first kappa shape index (κ1) is 10.2. The van der Waals surface area contributed by atoms with E-state index in [1.165, 1.54) is 16.2 Å². The molecule has 1 N–H and O–H groups in total. The van der Waals surface area contributed by atoms with Gasteiger partial charge >= 0.3 is 0 Å². The van der Waals surface area contributed by atoms with Crippen LogP contribution in [-0.2, 0) is 0 Å². The maximum absolute atomic E-state index is 4.12. The number of aromatic nitrogens is 3. The highest BCUT2D eigenvalue weighted by molar-refractivity contribution is 8.00. The Bertz CT molecular complexity index is 470. The van der Waals surface area contributed by atoms with Crippen molar-refractivity contribution in [3.8, 4) is 0 Å². The molecule has 0 fully saturated rings. The molecule has 0 amide bonds. The fourth-order valence-corrected chi connectivity index (χ4v) is 4.11. The second kappa shape index (κ2) is 4.51. The van der Waals surface area contributed by atoms with Crippen molar-refractivity contribution in [2.24, 2.45) is 0 Å². The van der Waals surface area contributed by atoms with Gasteiger partial charge < -0.3 is 0 Å². The average molecular weight is 249 g/mol. The predicted octanol–water partition coefficient (Wildman–Crippen LogP) is 2.79.